The first-order chi connectivity index (χ1) is 12.3. The summed E-state index contributed by atoms with van der Waals surface area (Å²) in [6.07, 6.45) is 0.724. The molecule has 1 atom stereocenters. The highest BCUT2D eigenvalue weighted by atomic mass is 79.9. The Balaban J connectivity index is 2.04. The summed E-state index contributed by atoms with van der Waals surface area (Å²) in [6.45, 7) is 4.79. The predicted octanol–water partition coefficient (Wildman–Crippen LogP) is 5.10. The fraction of sp³-hybridized carbons (Fsp3) is 0.368. The van der Waals surface area contributed by atoms with E-state index in [-0.39, 0.29) is 17.5 Å². The van der Waals surface area contributed by atoms with E-state index in [9.17, 15) is 8.42 Å². The van der Waals surface area contributed by atoms with Crippen molar-refractivity contribution in [2.45, 2.75) is 37.8 Å². The van der Waals surface area contributed by atoms with Crippen LogP contribution < -0.4 is 4.74 Å². The molecule has 4 nitrogen and oxygen atoms in total. The number of benzene rings is 2. The molecule has 1 heterocycles. The van der Waals surface area contributed by atoms with Gasteiger partial charge in [-0.05, 0) is 48.2 Å². The van der Waals surface area contributed by atoms with Gasteiger partial charge in [0, 0.05) is 16.0 Å². The van der Waals surface area contributed by atoms with Gasteiger partial charge in [-0.2, -0.15) is 4.31 Å². The minimum Gasteiger partial charge on any atom is -0.490 e. The topological polar surface area (TPSA) is 46.6 Å². The lowest BCUT2D eigenvalue weighted by Gasteiger charge is -2.29. The van der Waals surface area contributed by atoms with Crippen molar-refractivity contribution in [1.82, 2.24) is 4.31 Å². The summed E-state index contributed by atoms with van der Waals surface area (Å²) in [5.74, 6) is 0.742. The maximum atomic E-state index is 13.4. The monoisotopic (exact) mass is 457 g/mol. The van der Waals surface area contributed by atoms with Crippen molar-refractivity contribution in [1.29, 1.82) is 0 Å². The molecule has 26 heavy (non-hydrogen) atoms. The lowest BCUT2D eigenvalue weighted by Crippen LogP contribution is -2.42. The molecule has 2 aromatic rings. The molecule has 0 saturated carbocycles. The second kappa shape index (κ2) is 7.89. The average Bonchev–Trinajstić information content (AvgIpc) is 2.66. The largest absolute Gasteiger partial charge is 0.490 e. The van der Waals surface area contributed by atoms with E-state index in [1.165, 1.54) is 0 Å². The van der Waals surface area contributed by atoms with Crippen molar-refractivity contribution in [2.24, 2.45) is 5.92 Å². The van der Waals surface area contributed by atoms with Gasteiger partial charge in [-0.25, -0.2) is 8.42 Å². The lowest BCUT2D eigenvalue weighted by molar-refractivity contribution is 0.187. The van der Waals surface area contributed by atoms with Gasteiger partial charge in [-0.1, -0.05) is 53.5 Å². The molecule has 0 fully saturated rings. The molecular formula is C19H21BrClNO3S. The lowest BCUT2D eigenvalue weighted by atomic mass is 10.0. The summed E-state index contributed by atoms with van der Waals surface area (Å²) in [5.41, 5.74) is 0.896. The Morgan fingerprint density at radius 3 is 2.58 bits per heavy atom. The van der Waals surface area contributed by atoms with E-state index >= 15 is 0 Å². The molecule has 0 radical (unpaired) electrons. The Morgan fingerprint density at radius 1 is 1.23 bits per heavy atom. The molecule has 2 aromatic carbocycles. The third-order valence-corrected chi connectivity index (χ3v) is 7.01. The van der Waals surface area contributed by atoms with Crippen LogP contribution in [0.15, 0.2) is 51.8 Å². The fourth-order valence-electron chi connectivity index (χ4n) is 3.11. The van der Waals surface area contributed by atoms with Gasteiger partial charge in [0.05, 0.1) is 6.04 Å². The molecule has 3 rings (SSSR count). The zero-order valence-corrected chi connectivity index (χ0v) is 17.8. The van der Waals surface area contributed by atoms with Gasteiger partial charge in [0.15, 0.2) is 0 Å². The quantitative estimate of drug-likeness (QED) is 0.640. The number of nitrogens with zero attached hydrogens (tertiary/aromatic N) is 1. The molecule has 0 amide bonds. The van der Waals surface area contributed by atoms with Gasteiger partial charge in [0.1, 0.15) is 17.3 Å². The van der Waals surface area contributed by atoms with Crippen molar-refractivity contribution in [3.05, 3.63) is 57.5 Å². The molecule has 7 heteroatoms. The summed E-state index contributed by atoms with van der Waals surface area (Å²) < 4.78 is 35.1. The number of fused-ring (bicyclic) bond motifs is 1. The molecule has 1 aliphatic rings. The van der Waals surface area contributed by atoms with E-state index in [2.05, 4.69) is 29.8 Å². The highest BCUT2D eigenvalue weighted by Crippen LogP contribution is 2.35. The smallest absolute Gasteiger partial charge is 0.247 e. The van der Waals surface area contributed by atoms with Crippen molar-refractivity contribution in [3.8, 4) is 5.75 Å². The van der Waals surface area contributed by atoms with E-state index in [4.69, 9.17) is 16.3 Å². The van der Waals surface area contributed by atoms with Crippen molar-refractivity contribution in [3.63, 3.8) is 0 Å². The number of hydrogen-bond donors (Lipinski definition) is 0. The number of ether oxygens (including phenoxy) is 1. The molecule has 0 aromatic heterocycles. The van der Waals surface area contributed by atoms with Gasteiger partial charge in [-0.3, -0.25) is 0 Å². The van der Waals surface area contributed by atoms with E-state index in [1.54, 1.807) is 34.6 Å². The van der Waals surface area contributed by atoms with Gasteiger partial charge in [0.25, 0.3) is 0 Å². The average molecular weight is 459 g/mol. The highest BCUT2D eigenvalue weighted by molar-refractivity contribution is 9.10. The van der Waals surface area contributed by atoms with Crippen LogP contribution in [0.4, 0.5) is 0 Å². The molecular weight excluding hydrogens is 438 g/mol. The van der Waals surface area contributed by atoms with E-state index in [0.29, 0.717) is 23.3 Å². The summed E-state index contributed by atoms with van der Waals surface area (Å²) in [5, 5.41) is 0.629. The van der Waals surface area contributed by atoms with Crippen LogP contribution in [-0.4, -0.2) is 25.4 Å². The zero-order valence-electron chi connectivity index (χ0n) is 14.7. The summed E-state index contributed by atoms with van der Waals surface area (Å²) >= 11 is 9.34. The summed E-state index contributed by atoms with van der Waals surface area (Å²) in [4.78, 5) is 0.209. The predicted molar refractivity (Wildman–Crippen MR) is 107 cm³/mol. The molecule has 0 saturated heterocycles. The molecule has 0 N–H and O–H groups in total. The first kappa shape index (κ1) is 19.7. The summed E-state index contributed by atoms with van der Waals surface area (Å²) in [7, 11) is -3.68. The number of rotatable bonds is 4. The van der Waals surface area contributed by atoms with Crippen LogP contribution in [-0.2, 0) is 16.6 Å². The highest BCUT2D eigenvalue weighted by Gasteiger charge is 2.37. The minimum atomic E-state index is -3.68. The zero-order chi connectivity index (χ0) is 18.9. The Bertz CT molecular complexity index is 884. The molecule has 0 bridgehead atoms. The van der Waals surface area contributed by atoms with Crippen molar-refractivity contribution >= 4 is 37.6 Å². The number of sulfonamides is 1. The molecule has 140 valence electrons. The number of hydrogen-bond acceptors (Lipinski definition) is 3. The Kier molecular flexibility index (Phi) is 5.97. The fourth-order valence-corrected chi connectivity index (χ4v) is 5.30. The third kappa shape index (κ3) is 4.25. The molecule has 0 aliphatic carbocycles. The normalized spacial score (nSPS) is 19.7. The first-order valence-corrected chi connectivity index (χ1v) is 11.1. The third-order valence-electron chi connectivity index (χ3n) is 4.33. The van der Waals surface area contributed by atoms with E-state index in [1.807, 2.05) is 12.1 Å². The number of halogens is 2. The Morgan fingerprint density at radius 2 is 1.92 bits per heavy atom. The van der Waals surface area contributed by atoms with E-state index < -0.39 is 10.0 Å². The maximum absolute atomic E-state index is 13.4. The van der Waals surface area contributed by atoms with Crippen molar-refractivity contribution < 1.29 is 13.2 Å². The second-order valence-electron chi connectivity index (χ2n) is 6.86. The molecule has 0 unspecified atom stereocenters. The van der Waals surface area contributed by atoms with Crippen LogP contribution in [0.2, 0.25) is 5.02 Å². The minimum absolute atomic E-state index is 0.209. The van der Waals surface area contributed by atoms with Crippen LogP contribution in [0.25, 0.3) is 0 Å². The van der Waals surface area contributed by atoms with Crippen molar-refractivity contribution in [2.75, 3.05) is 6.61 Å². The first-order valence-electron chi connectivity index (χ1n) is 8.46. The Labute approximate surface area is 168 Å². The van der Waals surface area contributed by atoms with Crippen LogP contribution in [0, 0.1) is 5.92 Å². The molecule has 0 spiro atoms. The summed E-state index contributed by atoms with van der Waals surface area (Å²) in [6, 6.07) is 12.1. The van der Waals surface area contributed by atoms with Gasteiger partial charge >= 0.3 is 0 Å². The maximum Gasteiger partial charge on any atom is 0.247 e. The molecule has 1 aliphatic heterocycles. The van der Waals surface area contributed by atoms with E-state index in [0.717, 1.165) is 16.5 Å². The van der Waals surface area contributed by atoms with Gasteiger partial charge < -0.3 is 4.74 Å². The van der Waals surface area contributed by atoms with Gasteiger partial charge in [-0.15, -0.1) is 0 Å². The second-order valence-corrected chi connectivity index (χ2v) is 10.1. The standard InChI is InChI=1S/C19H21BrClNO3S/c1-13(2)9-17-12-25-18-10-15(20)5-8-19(18)26(23,24)22(17)11-14-3-6-16(21)7-4-14/h3-8,10,13,17H,9,11-12H2,1-2H3/t17-/m0/s1. The Hall–Kier alpha value is -1.08. The SMILES string of the molecule is CC(C)C[C@H]1COc2cc(Br)ccc2S(=O)(=O)N1Cc1ccc(Cl)cc1. The van der Waals surface area contributed by atoms with Crippen LogP contribution in [0.1, 0.15) is 25.8 Å². The van der Waals surface area contributed by atoms with Crippen LogP contribution >= 0.6 is 27.5 Å². The van der Waals surface area contributed by atoms with Crippen LogP contribution in [0.3, 0.4) is 0 Å². The van der Waals surface area contributed by atoms with Gasteiger partial charge in [0.2, 0.25) is 10.0 Å². The van der Waals surface area contributed by atoms with Crippen LogP contribution in [0.5, 0.6) is 5.75 Å².